The predicted octanol–water partition coefficient (Wildman–Crippen LogP) is 1.25. The average Bonchev–Trinajstić information content (AvgIpc) is 2.69. The summed E-state index contributed by atoms with van der Waals surface area (Å²) in [5.74, 6) is -3.40. The number of nitrogens with zero attached hydrogens (tertiary/aromatic N) is 2. The van der Waals surface area contributed by atoms with Crippen molar-refractivity contribution in [1.29, 1.82) is 0 Å². The van der Waals surface area contributed by atoms with E-state index in [1.54, 1.807) is 0 Å². The average molecular weight is 351 g/mol. The van der Waals surface area contributed by atoms with Crippen molar-refractivity contribution in [3.8, 4) is 0 Å². The van der Waals surface area contributed by atoms with Crippen molar-refractivity contribution < 1.29 is 22.0 Å². The second kappa shape index (κ2) is 5.63. The molecule has 0 unspecified atom stereocenters. The molecule has 0 radical (unpaired) electrons. The molecule has 0 spiro atoms. The van der Waals surface area contributed by atoms with Crippen LogP contribution in [0, 0.1) is 11.8 Å². The molecule has 2 heterocycles. The third kappa shape index (κ3) is 3.08. The van der Waals surface area contributed by atoms with Crippen LogP contribution in [0.5, 0.6) is 0 Å². The number of amides is 1. The Morgan fingerprint density at radius 3 is 2.59 bits per heavy atom. The van der Waals surface area contributed by atoms with Crippen molar-refractivity contribution in [2.45, 2.75) is 4.90 Å². The number of anilines is 1. The topological polar surface area (TPSA) is 107 Å². The summed E-state index contributed by atoms with van der Waals surface area (Å²) in [4.78, 5) is 14.8. The van der Waals surface area contributed by atoms with Crippen molar-refractivity contribution in [3.05, 3.63) is 40.9 Å². The molecule has 7 nitrogen and oxygen atoms in total. The molecule has 118 valence electrons. The molecule has 0 bridgehead atoms. The SMILES string of the molecule is Cn1cc(S(N)(=O)=O)c(Cl)c1C(=O)Nc1cnc(F)c(F)c1. The maximum Gasteiger partial charge on any atom is 0.273 e. The summed E-state index contributed by atoms with van der Waals surface area (Å²) >= 11 is 5.84. The molecule has 2 rings (SSSR count). The number of primary sulfonamides is 1. The second-order valence-corrected chi connectivity index (χ2v) is 6.17. The van der Waals surface area contributed by atoms with E-state index in [1.807, 2.05) is 0 Å². The van der Waals surface area contributed by atoms with Gasteiger partial charge in [-0.3, -0.25) is 4.79 Å². The van der Waals surface area contributed by atoms with Gasteiger partial charge in [0.05, 0.1) is 16.9 Å². The van der Waals surface area contributed by atoms with Crippen molar-refractivity contribution in [2.75, 3.05) is 5.32 Å². The quantitative estimate of drug-likeness (QED) is 0.812. The lowest BCUT2D eigenvalue weighted by molar-refractivity contribution is 0.101. The Balaban J connectivity index is 2.38. The zero-order valence-corrected chi connectivity index (χ0v) is 12.5. The third-order valence-electron chi connectivity index (χ3n) is 2.66. The number of hydrogen-bond donors (Lipinski definition) is 2. The Morgan fingerprint density at radius 2 is 2.09 bits per heavy atom. The van der Waals surface area contributed by atoms with Gasteiger partial charge in [0.2, 0.25) is 16.0 Å². The zero-order valence-electron chi connectivity index (χ0n) is 11.0. The molecule has 0 atom stereocenters. The summed E-state index contributed by atoms with van der Waals surface area (Å²) in [6.07, 6.45) is 1.96. The normalized spacial score (nSPS) is 11.5. The van der Waals surface area contributed by atoms with Crippen molar-refractivity contribution in [2.24, 2.45) is 12.2 Å². The lowest BCUT2D eigenvalue weighted by Crippen LogP contribution is -2.16. The minimum absolute atomic E-state index is 0.127. The molecule has 22 heavy (non-hydrogen) atoms. The molecule has 0 aliphatic heterocycles. The molecule has 0 fully saturated rings. The third-order valence-corrected chi connectivity index (χ3v) is 4.08. The van der Waals surface area contributed by atoms with Gasteiger partial charge in [0.1, 0.15) is 10.6 Å². The molecule has 2 aromatic rings. The Bertz CT molecular complexity index is 866. The smallest absolute Gasteiger partial charge is 0.273 e. The molecule has 3 N–H and O–H groups in total. The number of aromatic nitrogens is 2. The van der Waals surface area contributed by atoms with Gasteiger partial charge in [0, 0.05) is 19.3 Å². The van der Waals surface area contributed by atoms with Crippen molar-refractivity contribution >= 4 is 33.2 Å². The first kappa shape index (κ1) is 16.3. The summed E-state index contributed by atoms with van der Waals surface area (Å²) in [6, 6.07) is 0.720. The molecule has 0 saturated carbocycles. The molecule has 0 saturated heterocycles. The number of hydrogen-bond acceptors (Lipinski definition) is 4. The van der Waals surface area contributed by atoms with Gasteiger partial charge in [-0.1, -0.05) is 11.6 Å². The fourth-order valence-electron chi connectivity index (χ4n) is 1.71. The van der Waals surface area contributed by atoms with Gasteiger partial charge in [-0.05, 0) is 0 Å². The second-order valence-electron chi connectivity index (χ2n) is 4.26. The number of halogens is 3. The molecule has 0 aliphatic carbocycles. The highest BCUT2D eigenvalue weighted by molar-refractivity contribution is 7.89. The van der Waals surface area contributed by atoms with Gasteiger partial charge in [-0.2, -0.15) is 4.39 Å². The largest absolute Gasteiger partial charge is 0.344 e. The Labute approximate surface area is 128 Å². The van der Waals surface area contributed by atoms with Crippen LogP contribution in [-0.2, 0) is 17.1 Å². The summed E-state index contributed by atoms with van der Waals surface area (Å²) in [7, 11) is -2.73. The predicted molar refractivity (Wildman–Crippen MR) is 73.9 cm³/mol. The van der Waals surface area contributed by atoms with E-state index in [0.29, 0.717) is 0 Å². The first-order valence-corrected chi connectivity index (χ1v) is 7.53. The summed E-state index contributed by atoms with van der Waals surface area (Å²) in [5, 5.41) is 6.82. The van der Waals surface area contributed by atoms with Gasteiger partial charge in [0.25, 0.3) is 5.91 Å². The monoisotopic (exact) mass is 350 g/mol. The number of carbonyl (C=O) groups excluding carboxylic acids is 1. The summed E-state index contributed by atoms with van der Waals surface area (Å²) in [5.41, 5.74) is -0.339. The number of nitrogens with two attached hydrogens (primary N) is 1. The first-order chi connectivity index (χ1) is 10.1. The number of pyridine rings is 1. The van der Waals surface area contributed by atoms with E-state index in [4.69, 9.17) is 16.7 Å². The zero-order chi connectivity index (χ0) is 16.7. The van der Waals surface area contributed by atoms with Crippen LogP contribution in [0.1, 0.15) is 10.5 Å². The lowest BCUT2D eigenvalue weighted by Gasteiger charge is -2.06. The number of sulfonamides is 1. The van der Waals surface area contributed by atoms with Gasteiger partial charge < -0.3 is 9.88 Å². The van der Waals surface area contributed by atoms with Gasteiger partial charge in [0.15, 0.2) is 5.82 Å². The van der Waals surface area contributed by atoms with E-state index in [2.05, 4.69) is 10.3 Å². The number of carbonyl (C=O) groups is 1. The fourth-order valence-corrected chi connectivity index (χ4v) is 2.95. The molecular weight excluding hydrogens is 342 g/mol. The van der Waals surface area contributed by atoms with Gasteiger partial charge in [-0.15, -0.1) is 0 Å². The highest BCUT2D eigenvalue weighted by atomic mass is 35.5. The highest BCUT2D eigenvalue weighted by Gasteiger charge is 2.25. The van der Waals surface area contributed by atoms with E-state index in [1.165, 1.54) is 7.05 Å². The minimum Gasteiger partial charge on any atom is -0.344 e. The fraction of sp³-hybridized carbons (Fsp3) is 0.0909. The molecular formula is C11H9ClF2N4O3S. The van der Waals surface area contributed by atoms with Gasteiger partial charge in [-0.25, -0.2) is 22.9 Å². The Morgan fingerprint density at radius 1 is 1.45 bits per heavy atom. The molecule has 2 aromatic heterocycles. The first-order valence-electron chi connectivity index (χ1n) is 5.61. The van der Waals surface area contributed by atoms with Crippen LogP contribution in [0.25, 0.3) is 0 Å². The molecule has 0 aliphatic rings. The number of rotatable bonds is 3. The standard InChI is InChI=1S/C11H9ClF2N4O3S/c1-18-4-7(22(15,20)21)8(12)9(18)11(19)17-5-2-6(13)10(14)16-3-5/h2-4H,1H3,(H,17,19)(H2,15,20,21). The van der Waals surface area contributed by atoms with E-state index < -0.39 is 32.6 Å². The van der Waals surface area contributed by atoms with E-state index in [9.17, 15) is 22.0 Å². The minimum atomic E-state index is -4.11. The van der Waals surface area contributed by atoms with E-state index in [0.717, 1.165) is 23.0 Å². The van der Waals surface area contributed by atoms with E-state index >= 15 is 0 Å². The lowest BCUT2D eigenvalue weighted by atomic mass is 10.3. The van der Waals surface area contributed by atoms with Crippen LogP contribution >= 0.6 is 11.6 Å². The molecule has 0 aromatic carbocycles. The van der Waals surface area contributed by atoms with Gasteiger partial charge >= 0.3 is 0 Å². The summed E-state index contributed by atoms with van der Waals surface area (Å²) < 4.78 is 49.6. The summed E-state index contributed by atoms with van der Waals surface area (Å²) in [6.45, 7) is 0. The van der Waals surface area contributed by atoms with Crippen LogP contribution in [0.2, 0.25) is 5.02 Å². The molecule has 1 amide bonds. The molecule has 11 heteroatoms. The van der Waals surface area contributed by atoms with E-state index in [-0.39, 0.29) is 16.4 Å². The maximum absolute atomic E-state index is 13.0. The number of nitrogens with one attached hydrogen (secondary N) is 1. The highest BCUT2D eigenvalue weighted by Crippen LogP contribution is 2.27. The van der Waals surface area contributed by atoms with Crippen LogP contribution in [0.3, 0.4) is 0 Å². The Hall–Kier alpha value is -2.04. The van der Waals surface area contributed by atoms with Crippen molar-refractivity contribution in [1.82, 2.24) is 9.55 Å². The number of aryl methyl sites for hydroxylation is 1. The van der Waals surface area contributed by atoms with Crippen LogP contribution in [0.4, 0.5) is 14.5 Å². The van der Waals surface area contributed by atoms with Crippen molar-refractivity contribution in [3.63, 3.8) is 0 Å². The van der Waals surface area contributed by atoms with Crippen LogP contribution < -0.4 is 10.5 Å². The maximum atomic E-state index is 13.0. The van der Waals surface area contributed by atoms with Crippen LogP contribution in [0.15, 0.2) is 23.4 Å². The van der Waals surface area contributed by atoms with Crippen LogP contribution in [-0.4, -0.2) is 23.9 Å². The Kier molecular flexibility index (Phi) is 4.18.